The van der Waals surface area contributed by atoms with Crippen LogP contribution in [0, 0.1) is 12.7 Å². The van der Waals surface area contributed by atoms with Gasteiger partial charge >= 0.3 is 5.97 Å². The third-order valence-corrected chi connectivity index (χ3v) is 12.6. The summed E-state index contributed by atoms with van der Waals surface area (Å²) in [5, 5.41) is 21.7. The molecule has 4 aromatic carbocycles. The molecule has 2 atom stereocenters. The van der Waals surface area contributed by atoms with Crippen LogP contribution in [-0.2, 0) is 22.6 Å². The Morgan fingerprint density at radius 3 is 2.40 bits per heavy atom. The largest absolute Gasteiger partial charge is 0.508 e. The maximum Gasteiger partial charge on any atom is 0.347 e. The monoisotopic (exact) mass is 964 g/mol. The van der Waals surface area contributed by atoms with Crippen molar-refractivity contribution >= 4 is 34.7 Å². The van der Waals surface area contributed by atoms with Crippen LogP contribution in [0.5, 0.6) is 28.9 Å². The minimum atomic E-state index is -1.32. The zero-order chi connectivity index (χ0) is 47.9. The Morgan fingerprint density at radius 2 is 1.65 bits per heavy atom. The van der Waals surface area contributed by atoms with E-state index in [1.807, 2.05) is 37.3 Å². The highest BCUT2D eigenvalue weighted by Gasteiger charge is 2.31. The van der Waals surface area contributed by atoms with Gasteiger partial charge in [0, 0.05) is 74.4 Å². The normalized spacial score (nSPS) is 14.1. The first-order chi connectivity index (χ1) is 33.0. The third kappa shape index (κ3) is 10.6. The third-order valence-electron chi connectivity index (χ3n) is 11.8. The number of aromatic hydroxyl groups is 1. The van der Waals surface area contributed by atoms with Crippen LogP contribution in [-0.4, -0.2) is 118 Å². The Labute approximate surface area is 403 Å². The fourth-order valence-electron chi connectivity index (χ4n) is 8.22. The Kier molecular flexibility index (Phi) is 15.3. The lowest BCUT2D eigenvalue weighted by molar-refractivity contribution is -0.151. The lowest BCUT2D eigenvalue weighted by Gasteiger charge is -2.34. The summed E-state index contributed by atoms with van der Waals surface area (Å²) in [6.07, 6.45) is 2.81. The van der Waals surface area contributed by atoms with Crippen molar-refractivity contribution in [1.29, 1.82) is 0 Å². The van der Waals surface area contributed by atoms with E-state index in [9.17, 15) is 19.4 Å². The number of phenolic OH excluding ortho intramolecular Hbond substituents is 1. The van der Waals surface area contributed by atoms with Gasteiger partial charge in [0.1, 0.15) is 52.2 Å². The molecule has 0 spiro atoms. The smallest absolute Gasteiger partial charge is 0.347 e. The number of para-hydroxylation sites is 1. The standard InChI is InChI=1S/C51H51Cl2FN6O8/c1-5-65-51(63)43(27-33-26-36(62)14-16-40(33)66-30-35-18-19-55-49(57-35)39-8-6-7-9-41(39)64-4)68-50-47-45(44(32-10-12-34(54)13-11-32)48(53)60(47)21-20-56-50)38-15-17-42(46(52)31(38)2)67-37(29-61)28-59-24-22-58(3)23-25-59/h6-21,26,37,43,61-62H,5,22-25,27-30H2,1-4H3/t37-,43?/m1/s1. The van der Waals surface area contributed by atoms with Gasteiger partial charge in [-0.25, -0.2) is 24.1 Å². The molecule has 4 heterocycles. The van der Waals surface area contributed by atoms with Crippen molar-refractivity contribution in [2.24, 2.45) is 0 Å². The molecule has 1 aliphatic rings. The number of hydrogen-bond donors (Lipinski definition) is 2. The van der Waals surface area contributed by atoms with Crippen molar-refractivity contribution in [2.45, 2.75) is 39.1 Å². The van der Waals surface area contributed by atoms with Crippen LogP contribution in [0.2, 0.25) is 10.2 Å². The number of carbonyl (C=O) groups excluding carboxylic acids is 1. The second kappa shape index (κ2) is 21.6. The summed E-state index contributed by atoms with van der Waals surface area (Å²) in [6.45, 7) is 7.46. The molecule has 1 aliphatic heterocycles. The summed E-state index contributed by atoms with van der Waals surface area (Å²) in [5.74, 6) is 0.638. The Hall–Kier alpha value is -6.49. The van der Waals surface area contributed by atoms with Crippen LogP contribution in [0.4, 0.5) is 4.39 Å². The van der Waals surface area contributed by atoms with E-state index >= 15 is 0 Å². The van der Waals surface area contributed by atoms with Gasteiger partial charge in [-0.3, -0.25) is 4.90 Å². The summed E-state index contributed by atoms with van der Waals surface area (Å²) in [5.41, 5.74) is 4.98. The molecule has 354 valence electrons. The number of aliphatic hydroxyl groups is 1. The molecule has 1 saturated heterocycles. The molecule has 0 saturated carbocycles. The highest BCUT2D eigenvalue weighted by Crippen LogP contribution is 2.48. The number of ether oxygens (including phenoxy) is 5. The van der Waals surface area contributed by atoms with Crippen LogP contribution in [0.1, 0.15) is 23.7 Å². The van der Waals surface area contributed by atoms with Gasteiger partial charge in [0.15, 0.2) is 5.82 Å². The molecule has 3 aromatic heterocycles. The molecular weight excluding hydrogens is 914 g/mol. The number of benzene rings is 4. The van der Waals surface area contributed by atoms with Gasteiger partial charge < -0.3 is 43.2 Å². The Morgan fingerprint density at radius 1 is 0.882 bits per heavy atom. The Balaban J connectivity index is 1.15. The SMILES string of the molecule is CCOC(=O)C(Cc1cc(O)ccc1OCc1ccnc(-c2ccccc2OC)n1)Oc1nccn2c(Cl)c(-c3ccc(F)cc3)c(-c3ccc(O[C@@H](CO)CN4CCN(C)CC4)c(Cl)c3C)c12. The van der Waals surface area contributed by atoms with Gasteiger partial charge in [-0.1, -0.05) is 53.5 Å². The van der Waals surface area contributed by atoms with Crippen molar-refractivity contribution in [1.82, 2.24) is 29.2 Å². The number of methoxy groups -OCH3 is 1. The van der Waals surface area contributed by atoms with Gasteiger partial charge in [-0.2, -0.15) is 0 Å². The number of piperazine rings is 1. The zero-order valence-electron chi connectivity index (χ0n) is 38.0. The second-order valence-corrected chi connectivity index (χ2v) is 17.0. The summed E-state index contributed by atoms with van der Waals surface area (Å²) < 4.78 is 46.4. The van der Waals surface area contributed by atoms with Crippen molar-refractivity contribution in [3.63, 3.8) is 0 Å². The summed E-state index contributed by atoms with van der Waals surface area (Å²) in [7, 11) is 3.66. The zero-order valence-corrected chi connectivity index (χ0v) is 39.5. The molecule has 68 heavy (non-hydrogen) atoms. The maximum absolute atomic E-state index is 14.4. The molecule has 0 aliphatic carbocycles. The number of likely N-dealkylation sites (N-methyl/N-ethyl adjacent to an activating group) is 1. The number of hydrogen-bond acceptors (Lipinski definition) is 13. The van der Waals surface area contributed by atoms with Gasteiger partial charge in [0.05, 0.1) is 36.6 Å². The summed E-state index contributed by atoms with van der Waals surface area (Å²) in [4.78, 5) is 32.2. The fraction of sp³-hybridized carbons (Fsp3) is 0.294. The van der Waals surface area contributed by atoms with Gasteiger partial charge in [0.25, 0.3) is 0 Å². The van der Waals surface area contributed by atoms with Crippen LogP contribution in [0.3, 0.4) is 0 Å². The maximum atomic E-state index is 14.4. The van der Waals surface area contributed by atoms with Crippen LogP contribution < -0.4 is 18.9 Å². The number of fused-ring (bicyclic) bond motifs is 1. The van der Waals surface area contributed by atoms with Crippen molar-refractivity contribution in [3.8, 4) is 62.5 Å². The van der Waals surface area contributed by atoms with E-state index in [4.69, 9.17) is 51.9 Å². The van der Waals surface area contributed by atoms with E-state index < -0.39 is 24.0 Å². The van der Waals surface area contributed by atoms with Crippen LogP contribution >= 0.6 is 23.2 Å². The molecule has 8 rings (SSSR count). The van der Waals surface area contributed by atoms with Crippen LogP contribution in [0.25, 0.3) is 39.2 Å². The lowest BCUT2D eigenvalue weighted by Crippen LogP contribution is -2.48. The number of aliphatic hydroxyl groups excluding tert-OH is 1. The molecule has 17 heteroatoms. The minimum Gasteiger partial charge on any atom is -0.508 e. The fourth-order valence-corrected chi connectivity index (χ4v) is 8.77. The first-order valence-electron chi connectivity index (χ1n) is 22.1. The van der Waals surface area contributed by atoms with E-state index in [0.29, 0.717) is 84.8 Å². The van der Waals surface area contributed by atoms with Crippen molar-refractivity contribution in [2.75, 3.05) is 60.1 Å². The van der Waals surface area contributed by atoms with Gasteiger partial charge in [-0.15, -0.1) is 0 Å². The predicted molar refractivity (Wildman–Crippen MR) is 257 cm³/mol. The van der Waals surface area contributed by atoms with E-state index in [2.05, 4.69) is 26.8 Å². The number of nitrogens with zero attached hydrogens (tertiary/aromatic N) is 6. The molecule has 14 nitrogen and oxygen atoms in total. The molecule has 0 amide bonds. The van der Waals surface area contributed by atoms with Crippen molar-refractivity contribution < 1.29 is 43.1 Å². The number of aromatic nitrogens is 4. The highest BCUT2D eigenvalue weighted by molar-refractivity contribution is 6.35. The highest BCUT2D eigenvalue weighted by atomic mass is 35.5. The molecule has 7 aromatic rings. The topological polar surface area (TPSA) is 153 Å². The number of phenols is 1. The molecule has 1 unspecified atom stereocenters. The van der Waals surface area contributed by atoms with Crippen molar-refractivity contribution in [3.05, 3.63) is 136 Å². The average Bonchev–Trinajstić information content (AvgIpc) is 3.65. The average molecular weight is 966 g/mol. The number of rotatable bonds is 18. The molecule has 0 radical (unpaired) electrons. The second-order valence-electron chi connectivity index (χ2n) is 16.3. The van der Waals surface area contributed by atoms with E-state index in [0.717, 1.165) is 26.2 Å². The number of esters is 1. The molecule has 2 N–H and O–H groups in total. The first kappa shape index (κ1) is 48.0. The summed E-state index contributed by atoms with van der Waals surface area (Å²) >= 11 is 14.4. The van der Waals surface area contributed by atoms with Gasteiger partial charge in [0.2, 0.25) is 12.0 Å². The Bertz CT molecular complexity index is 2890. The quantitative estimate of drug-likeness (QED) is 0.0790. The van der Waals surface area contributed by atoms with Crippen LogP contribution in [0.15, 0.2) is 104 Å². The van der Waals surface area contributed by atoms with E-state index in [-0.39, 0.29) is 43.0 Å². The number of carbonyl (C=O) groups is 1. The van der Waals surface area contributed by atoms with E-state index in [1.54, 1.807) is 61.2 Å². The first-order valence-corrected chi connectivity index (χ1v) is 22.9. The summed E-state index contributed by atoms with van der Waals surface area (Å²) in [6, 6.07) is 23.2. The van der Waals surface area contributed by atoms with E-state index in [1.165, 1.54) is 30.5 Å². The predicted octanol–water partition coefficient (Wildman–Crippen LogP) is 8.71. The minimum absolute atomic E-state index is 0.0201. The molecule has 1 fully saturated rings. The number of halogens is 3. The van der Waals surface area contributed by atoms with Gasteiger partial charge in [-0.05, 0) is 92.2 Å². The molecular formula is C51H51Cl2FN6O8. The lowest BCUT2D eigenvalue weighted by atomic mass is 9.94. The molecule has 0 bridgehead atoms.